The molecule has 1 amide bonds. The topological polar surface area (TPSA) is 58.6 Å². The van der Waals surface area contributed by atoms with E-state index in [0.717, 1.165) is 11.3 Å². The molecule has 1 heterocycles. The number of esters is 1. The number of thiocarbonyl (C=S) groups is 1. The average Bonchev–Trinajstić information content (AvgIpc) is 2.90. The van der Waals surface area contributed by atoms with Crippen LogP contribution in [-0.4, -0.2) is 28.3 Å². The molecule has 0 bridgehead atoms. The average molecular weight is 370 g/mol. The number of para-hydroxylation sites is 1. The highest BCUT2D eigenvalue weighted by Gasteiger charge is 2.32. The van der Waals surface area contributed by atoms with Gasteiger partial charge in [-0.05, 0) is 48.1 Å². The Labute approximate surface area is 154 Å². The van der Waals surface area contributed by atoms with Crippen molar-refractivity contribution < 1.29 is 14.3 Å². The molecule has 0 aliphatic carbocycles. The van der Waals surface area contributed by atoms with E-state index in [1.54, 1.807) is 30.3 Å². The third-order valence-corrected chi connectivity index (χ3v) is 4.74. The summed E-state index contributed by atoms with van der Waals surface area (Å²) in [6.45, 7) is 0. The number of ether oxygens (including phenoxy) is 1. The molecule has 7 heteroatoms. The van der Waals surface area contributed by atoms with E-state index in [9.17, 15) is 9.59 Å². The van der Waals surface area contributed by atoms with E-state index < -0.39 is 5.97 Å². The van der Waals surface area contributed by atoms with Gasteiger partial charge in [-0.2, -0.15) is 0 Å². The molecule has 3 rings (SSSR count). The lowest BCUT2D eigenvalue weighted by Gasteiger charge is -2.16. The van der Waals surface area contributed by atoms with Crippen molar-refractivity contribution in [3.8, 4) is 0 Å². The lowest BCUT2D eigenvalue weighted by molar-refractivity contribution is -0.121. The minimum Gasteiger partial charge on any atom is -0.465 e. The number of carbonyl (C=O) groups excluding carboxylic acids is 2. The van der Waals surface area contributed by atoms with Crippen LogP contribution >= 0.6 is 24.0 Å². The van der Waals surface area contributed by atoms with E-state index in [4.69, 9.17) is 12.2 Å². The maximum Gasteiger partial charge on any atom is 0.337 e. The van der Waals surface area contributed by atoms with Crippen LogP contribution in [0.4, 0.5) is 5.69 Å². The van der Waals surface area contributed by atoms with Crippen molar-refractivity contribution in [1.82, 2.24) is 5.01 Å². The van der Waals surface area contributed by atoms with Gasteiger partial charge in [0, 0.05) is 0 Å². The minimum atomic E-state index is -0.398. The van der Waals surface area contributed by atoms with Gasteiger partial charge in [-0.25, -0.2) is 9.80 Å². The summed E-state index contributed by atoms with van der Waals surface area (Å²) >= 11 is 6.51. The Hall–Kier alpha value is -2.64. The molecule has 2 aromatic carbocycles. The SMILES string of the molecule is COC(=O)c1ccc(/C=C2/SC(=S)N(Nc3ccccc3)C2=O)cc1. The molecule has 126 valence electrons. The number of benzene rings is 2. The number of carbonyl (C=O) groups is 2. The highest BCUT2D eigenvalue weighted by atomic mass is 32.2. The summed E-state index contributed by atoms with van der Waals surface area (Å²) in [4.78, 5) is 24.5. The number of hydrogen-bond acceptors (Lipinski definition) is 6. The number of nitrogens with one attached hydrogen (secondary N) is 1. The molecule has 1 fully saturated rings. The van der Waals surface area contributed by atoms with Crippen molar-refractivity contribution in [3.05, 3.63) is 70.6 Å². The Morgan fingerprint density at radius 3 is 2.48 bits per heavy atom. The maximum absolute atomic E-state index is 12.6. The molecule has 1 N–H and O–H groups in total. The van der Waals surface area contributed by atoms with Gasteiger partial charge < -0.3 is 4.74 Å². The van der Waals surface area contributed by atoms with E-state index in [0.29, 0.717) is 14.8 Å². The second kappa shape index (κ2) is 7.50. The summed E-state index contributed by atoms with van der Waals surface area (Å²) in [7, 11) is 1.33. The smallest absolute Gasteiger partial charge is 0.337 e. The lowest BCUT2D eigenvalue weighted by atomic mass is 10.1. The Bertz CT molecular complexity index is 848. The van der Waals surface area contributed by atoms with E-state index in [2.05, 4.69) is 10.2 Å². The van der Waals surface area contributed by atoms with Crippen LogP contribution < -0.4 is 5.43 Å². The van der Waals surface area contributed by atoms with Crippen molar-refractivity contribution in [2.75, 3.05) is 12.5 Å². The van der Waals surface area contributed by atoms with Crippen LogP contribution in [0.1, 0.15) is 15.9 Å². The fourth-order valence-corrected chi connectivity index (χ4v) is 3.37. The van der Waals surface area contributed by atoms with E-state index >= 15 is 0 Å². The number of rotatable bonds is 4. The first kappa shape index (κ1) is 17.2. The molecule has 1 saturated heterocycles. The van der Waals surface area contributed by atoms with Gasteiger partial charge in [-0.3, -0.25) is 10.2 Å². The summed E-state index contributed by atoms with van der Waals surface area (Å²) in [6, 6.07) is 16.2. The molecule has 0 atom stereocenters. The van der Waals surface area contributed by atoms with Gasteiger partial charge in [0.05, 0.1) is 23.3 Å². The molecule has 25 heavy (non-hydrogen) atoms. The van der Waals surface area contributed by atoms with Gasteiger partial charge in [0.25, 0.3) is 5.91 Å². The molecule has 1 aliphatic rings. The van der Waals surface area contributed by atoms with Crippen LogP contribution in [0.2, 0.25) is 0 Å². The molecule has 1 aliphatic heterocycles. The third-order valence-electron chi connectivity index (χ3n) is 3.44. The van der Waals surface area contributed by atoms with Gasteiger partial charge >= 0.3 is 5.97 Å². The number of hydrogen-bond donors (Lipinski definition) is 1. The maximum atomic E-state index is 12.6. The Balaban J connectivity index is 1.77. The normalized spacial score (nSPS) is 15.6. The van der Waals surface area contributed by atoms with Crippen LogP contribution in [0.5, 0.6) is 0 Å². The van der Waals surface area contributed by atoms with Gasteiger partial charge in [-0.15, -0.1) is 0 Å². The summed E-state index contributed by atoms with van der Waals surface area (Å²) < 4.78 is 5.10. The number of anilines is 1. The number of thioether (sulfide) groups is 1. The first-order chi connectivity index (χ1) is 12.1. The lowest BCUT2D eigenvalue weighted by Crippen LogP contribution is -2.33. The quantitative estimate of drug-likeness (QED) is 0.503. The molecule has 0 saturated carbocycles. The monoisotopic (exact) mass is 370 g/mol. The number of hydrazine groups is 1. The first-order valence-corrected chi connectivity index (χ1v) is 8.59. The van der Waals surface area contributed by atoms with Gasteiger partial charge in [0.1, 0.15) is 0 Å². The number of methoxy groups -OCH3 is 1. The fourth-order valence-electron chi connectivity index (χ4n) is 2.19. The van der Waals surface area contributed by atoms with Crippen LogP contribution in [-0.2, 0) is 9.53 Å². The molecular weight excluding hydrogens is 356 g/mol. The molecule has 0 spiro atoms. The molecule has 0 radical (unpaired) electrons. The van der Waals surface area contributed by atoms with E-state index in [1.165, 1.54) is 23.9 Å². The summed E-state index contributed by atoms with van der Waals surface area (Å²) in [5, 5.41) is 1.35. The predicted octanol–water partition coefficient (Wildman–Crippen LogP) is 3.70. The Morgan fingerprint density at radius 2 is 1.84 bits per heavy atom. The van der Waals surface area contributed by atoms with Gasteiger partial charge in [0.15, 0.2) is 4.32 Å². The molecule has 5 nitrogen and oxygen atoms in total. The summed E-state index contributed by atoms with van der Waals surface area (Å²) in [6.07, 6.45) is 1.74. The van der Waals surface area contributed by atoms with E-state index in [-0.39, 0.29) is 5.91 Å². The molecule has 0 aromatic heterocycles. The zero-order chi connectivity index (χ0) is 17.8. The summed E-state index contributed by atoms with van der Waals surface area (Å²) in [5.74, 6) is -0.610. The number of nitrogens with zero attached hydrogens (tertiary/aromatic N) is 1. The van der Waals surface area contributed by atoms with Crippen LogP contribution in [0.15, 0.2) is 59.5 Å². The molecular formula is C18H14N2O3S2. The van der Waals surface area contributed by atoms with Crippen molar-refractivity contribution in [1.29, 1.82) is 0 Å². The van der Waals surface area contributed by atoms with Crippen molar-refractivity contribution >= 4 is 51.9 Å². The van der Waals surface area contributed by atoms with Gasteiger partial charge in [0.2, 0.25) is 0 Å². The van der Waals surface area contributed by atoms with E-state index in [1.807, 2.05) is 30.3 Å². The van der Waals surface area contributed by atoms with Crippen molar-refractivity contribution in [2.45, 2.75) is 0 Å². The second-order valence-electron chi connectivity index (χ2n) is 5.11. The zero-order valence-corrected chi connectivity index (χ0v) is 14.9. The minimum absolute atomic E-state index is 0.212. The fraction of sp³-hybridized carbons (Fsp3) is 0.0556. The zero-order valence-electron chi connectivity index (χ0n) is 13.3. The van der Waals surface area contributed by atoms with Crippen molar-refractivity contribution in [2.24, 2.45) is 0 Å². The second-order valence-corrected chi connectivity index (χ2v) is 6.78. The van der Waals surface area contributed by atoms with Crippen LogP contribution in [0.25, 0.3) is 6.08 Å². The first-order valence-electron chi connectivity index (χ1n) is 7.36. The Morgan fingerprint density at radius 1 is 1.16 bits per heavy atom. The molecule has 0 unspecified atom stereocenters. The predicted molar refractivity (Wildman–Crippen MR) is 103 cm³/mol. The Kier molecular flexibility index (Phi) is 5.16. The van der Waals surface area contributed by atoms with Gasteiger partial charge in [-0.1, -0.05) is 42.1 Å². The van der Waals surface area contributed by atoms with Crippen LogP contribution in [0.3, 0.4) is 0 Å². The highest BCUT2D eigenvalue weighted by molar-refractivity contribution is 8.26. The van der Waals surface area contributed by atoms with Crippen LogP contribution in [0, 0.1) is 0 Å². The summed E-state index contributed by atoms with van der Waals surface area (Å²) in [5.41, 5.74) is 5.04. The standard InChI is InChI=1S/C18H14N2O3S2/c1-23-17(22)13-9-7-12(8-10-13)11-15-16(21)20(18(24)25-15)19-14-5-3-2-4-6-14/h2-11,19H,1H3/b15-11+. The number of amides is 1. The highest BCUT2D eigenvalue weighted by Crippen LogP contribution is 2.32. The van der Waals surface area contributed by atoms with Crippen molar-refractivity contribution in [3.63, 3.8) is 0 Å². The third kappa shape index (κ3) is 3.89. The molecule has 2 aromatic rings. The largest absolute Gasteiger partial charge is 0.465 e.